The fourth-order valence-corrected chi connectivity index (χ4v) is 3.86. The number of nitrogens with zero attached hydrogens (tertiary/aromatic N) is 1. The van der Waals surface area contributed by atoms with Crippen molar-refractivity contribution in [3.8, 4) is 0 Å². The number of aryl methyl sites for hydroxylation is 1. The molecule has 0 bridgehead atoms. The standard InChI is InChI=1S/C24H41NO4S/c1-2-3-4-5-6-7-8-9-10-11-12-13-14-15-21-16-18-22(19-17-21)25(29)24(28,20-30)23(26)27/h16-19,28-30H,2-15,20H2,1H3,(H,26,27)/t24-/m1/s1. The topological polar surface area (TPSA) is 81.0 Å². The van der Waals surface area contributed by atoms with E-state index in [1.165, 1.54) is 77.0 Å². The number of carboxylic acid groups (broad SMARTS) is 1. The molecule has 6 heteroatoms. The lowest BCUT2D eigenvalue weighted by Crippen LogP contribution is -2.55. The van der Waals surface area contributed by atoms with Gasteiger partial charge in [0.2, 0.25) is 0 Å². The van der Waals surface area contributed by atoms with Gasteiger partial charge in [-0.25, -0.2) is 9.86 Å². The second-order valence-electron chi connectivity index (χ2n) is 8.25. The maximum Gasteiger partial charge on any atom is 0.360 e. The summed E-state index contributed by atoms with van der Waals surface area (Å²) in [6.45, 7) is 2.26. The molecule has 0 spiro atoms. The van der Waals surface area contributed by atoms with Crippen molar-refractivity contribution in [1.29, 1.82) is 0 Å². The third kappa shape index (κ3) is 9.71. The van der Waals surface area contributed by atoms with Crippen molar-refractivity contribution in [3.63, 3.8) is 0 Å². The Hall–Kier alpha value is -1.24. The van der Waals surface area contributed by atoms with E-state index < -0.39 is 17.4 Å². The molecule has 0 aliphatic heterocycles. The van der Waals surface area contributed by atoms with Gasteiger partial charge in [-0.05, 0) is 30.5 Å². The number of anilines is 1. The molecular weight excluding hydrogens is 398 g/mol. The van der Waals surface area contributed by atoms with Gasteiger partial charge in [0, 0.05) is 0 Å². The molecule has 1 rings (SSSR count). The van der Waals surface area contributed by atoms with Gasteiger partial charge in [-0.1, -0.05) is 96.1 Å². The molecule has 1 aromatic rings. The summed E-state index contributed by atoms with van der Waals surface area (Å²) in [5, 5.41) is 29.5. The fourth-order valence-electron chi connectivity index (χ4n) is 3.59. The summed E-state index contributed by atoms with van der Waals surface area (Å²) >= 11 is 3.83. The van der Waals surface area contributed by atoms with Crippen molar-refractivity contribution in [2.24, 2.45) is 0 Å². The van der Waals surface area contributed by atoms with Crippen LogP contribution < -0.4 is 5.06 Å². The first-order chi connectivity index (χ1) is 14.5. The number of carboxylic acids is 1. The maximum absolute atomic E-state index is 11.2. The van der Waals surface area contributed by atoms with E-state index in [0.717, 1.165) is 18.4 Å². The van der Waals surface area contributed by atoms with Crippen LogP contribution in [0.1, 0.15) is 96.0 Å². The molecule has 0 aliphatic carbocycles. The molecule has 0 aromatic heterocycles. The first-order valence-corrected chi connectivity index (χ1v) is 12.2. The smallest absolute Gasteiger partial charge is 0.360 e. The predicted octanol–water partition coefficient (Wildman–Crippen LogP) is 6.22. The lowest BCUT2D eigenvalue weighted by Gasteiger charge is -2.31. The van der Waals surface area contributed by atoms with Gasteiger partial charge in [0.25, 0.3) is 5.72 Å². The Morgan fingerprint density at radius 3 is 1.70 bits per heavy atom. The van der Waals surface area contributed by atoms with Crippen LogP contribution in [0.15, 0.2) is 24.3 Å². The van der Waals surface area contributed by atoms with E-state index in [1.54, 1.807) is 12.1 Å². The van der Waals surface area contributed by atoms with Gasteiger partial charge < -0.3 is 10.2 Å². The van der Waals surface area contributed by atoms with Crippen LogP contribution in [0.25, 0.3) is 0 Å². The number of unbranched alkanes of at least 4 members (excludes halogenated alkanes) is 12. The number of hydroxylamine groups is 1. The third-order valence-electron chi connectivity index (χ3n) is 5.66. The zero-order valence-corrected chi connectivity index (χ0v) is 19.5. The highest BCUT2D eigenvalue weighted by Gasteiger charge is 2.41. The van der Waals surface area contributed by atoms with Gasteiger partial charge in [-0.15, -0.1) is 0 Å². The van der Waals surface area contributed by atoms with Crippen molar-refractivity contribution < 1.29 is 20.2 Å². The fraction of sp³-hybridized carbons (Fsp3) is 0.708. The van der Waals surface area contributed by atoms with E-state index in [-0.39, 0.29) is 5.69 Å². The highest BCUT2D eigenvalue weighted by Crippen LogP contribution is 2.23. The minimum atomic E-state index is -2.44. The number of hydrogen-bond acceptors (Lipinski definition) is 5. The van der Waals surface area contributed by atoms with Gasteiger partial charge in [0.1, 0.15) is 0 Å². The van der Waals surface area contributed by atoms with Crippen molar-refractivity contribution in [1.82, 2.24) is 0 Å². The summed E-state index contributed by atoms with van der Waals surface area (Å²) in [6.07, 6.45) is 18.3. The van der Waals surface area contributed by atoms with E-state index in [4.69, 9.17) is 5.11 Å². The Balaban J connectivity index is 2.14. The molecule has 0 heterocycles. The van der Waals surface area contributed by atoms with E-state index in [9.17, 15) is 15.1 Å². The molecule has 0 saturated heterocycles. The van der Waals surface area contributed by atoms with Gasteiger partial charge in [-0.3, -0.25) is 5.21 Å². The van der Waals surface area contributed by atoms with E-state index in [2.05, 4.69) is 19.6 Å². The molecule has 1 aromatic carbocycles. The average molecular weight is 440 g/mol. The predicted molar refractivity (Wildman–Crippen MR) is 127 cm³/mol. The summed E-state index contributed by atoms with van der Waals surface area (Å²) in [4.78, 5) is 11.2. The van der Waals surface area contributed by atoms with Crippen molar-refractivity contribution >= 4 is 24.3 Å². The summed E-state index contributed by atoms with van der Waals surface area (Å²) in [7, 11) is 0. The van der Waals surface area contributed by atoms with Crippen LogP contribution in [0, 0.1) is 0 Å². The molecule has 172 valence electrons. The number of hydrogen-bond donors (Lipinski definition) is 4. The Bertz CT molecular complexity index is 581. The number of thiol groups is 1. The molecule has 3 N–H and O–H groups in total. The van der Waals surface area contributed by atoms with Gasteiger partial charge >= 0.3 is 5.97 Å². The minimum absolute atomic E-state index is 0.225. The summed E-state index contributed by atoms with van der Waals surface area (Å²) in [5.74, 6) is -1.98. The number of aliphatic hydroxyl groups is 1. The van der Waals surface area contributed by atoms with Crippen molar-refractivity contribution in [2.75, 3.05) is 10.8 Å². The monoisotopic (exact) mass is 439 g/mol. The SMILES string of the molecule is CCCCCCCCCCCCCCCc1ccc(N(O)[C@@](O)(CS)C(=O)O)cc1. The van der Waals surface area contributed by atoms with Crippen LogP contribution in [-0.4, -0.2) is 32.9 Å². The number of rotatable bonds is 18. The lowest BCUT2D eigenvalue weighted by atomic mass is 10.0. The maximum atomic E-state index is 11.2. The van der Waals surface area contributed by atoms with Crippen molar-refractivity contribution in [3.05, 3.63) is 29.8 Å². The Morgan fingerprint density at radius 2 is 1.30 bits per heavy atom. The van der Waals surface area contributed by atoms with E-state index in [1.807, 2.05) is 12.1 Å². The van der Waals surface area contributed by atoms with Crippen LogP contribution in [0.2, 0.25) is 0 Å². The minimum Gasteiger partial charge on any atom is -0.478 e. The normalized spacial score (nSPS) is 13.2. The van der Waals surface area contributed by atoms with Crippen LogP contribution in [0.5, 0.6) is 0 Å². The van der Waals surface area contributed by atoms with Crippen molar-refractivity contribution in [2.45, 2.75) is 103 Å². The number of aliphatic carboxylic acids is 1. The molecular formula is C24H41NO4S. The third-order valence-corrected chi connectivity index (χ3v) is 6.10. The molecule has 0 amide bonds. The quantitative estimate of drug-likeness (QED) is 0.0945. The Kier molecular flexibility index (Phi) is 13.9. The summed E-state index contributed by atoms with van der Waals surface area (Å²) in [6, 6.07) is 6.96. The van der Waals surface area contributed by atoms with Crippen LogP contribution in [0.4, 0.5) is 5.69 Å². The lowest BCUT2D eigenvalue weighted by molar-refractivity contribution is -0.162. The molecule has 30 heavy (non-hydrogen) atoms. The first-order valence-electron chi connectivity index (χ1n) is 11.6. The van der Waals surface area contributed by atoms with Crippen LogP contribution in [0.3, 0.4) is 0 Å². The van der Waals surface area contributed by atoms with Gasteiger partial charge in [0.15, 0.2) is 0 Å². The number of carbonyl (C=O) groups is 1. The zero-order chi connectivity index (χ0) is 22.2. The Labute approximate surface area is 187 Å². The molecule has 0 radical (unpaired) electrons. The van der Waals surface area contributed by atoms with Gasteiger partial charge in [0.05, 0.1) is 11.4 Å². The molecule has 0 aliphatic rings. The van der Waals surface area contributed by atoms with Crippen LogP contribution >= 0.6 is 12.6 Å². The molecule has 1 atom stereocenters. The van der Waals surface area contributed by atoms with Crippen LogP contribution in [-0.2, 0) is 11.2 Å². The second-order valence-corrected chi connectivity index (χ2v) is 8.57. The Morgan fingerprint density at radius 1 is 0.867 bits per heavy atom. The molecule has 0 unspecified atom stereocenters. The first kappa shape index (κ1) is 26.8. The number of benzene rings is 1. The van der Waals surface area contributed by atoms with E-state index in [0.29, 0.717) is 5.06 Å². The molecule has 0 fully saturated rings. The largest absolute Gasteiger partial charge is 0.478 e. The second kappa shape index (κ2) is 15.5. The summed E-state index contributed by atoms with van der Waals surface area (Å²) in [5.41, 5.74) is -1.08. The summed E-state index contributed by atoms with van der Waals surface area (Å²) < 4.78 is 0. The van der Waals surface area contributed by atoms with Gasteiger partial charge in [-0.2, -0.15) is 12.6 Å². The highest BCUT2D eigenvalue weighted by molar-refractivity contribution is 7.80. The zero-order valence-electron chi connectivity index (χ0n) is 18.6. The van der Waals surface area contributed by atoms with E-state index >= 15 is 0 Å². The highest BCUT2D eigenvalue weighted by atomic mass is 32.1. The molecule has 0 saturated carbocycles. The molecule has 5 nitrogen and oxygen atoms in total. The average Bonchev–Trinajstić information content (AvgIpc) is 2.76.